The number of piperidine rings is 1. The lowest BCUT2D eigenvalue weighted by Gasteiger charge is -2.38. The zero-order chi connectivity index (χ0) is 27.7. The van der Waals surface area contributed by atoms with Crippen molar-refractivity contribution in [2.45, 2.75) is 31.3 Å². The van der Waals surface area contributed by atoms with Gasteiger partial charge in [-0.1, -0.05) is 54.6 Å². The molecule has 4 aromatic carbocycles. The Labute approximate surface area is 236 Å². The van der Waals surface area contributed by atoms with Crippen molar-refractivity contribution >= 4 is 34.2 Å². The lowest BCUT2D eigenvalue weighted by atomic mass is 9.82. The van der Waals surface area contributed by atoms with Gasteiger partial charge < -0.3 is 19.3 Å². The SMILES string of the molecule is COC(=O)Cc1cc2ccc(N(C)C)cc2c2c1C=CC(c1ccccc1)(c1ccc(N3CCCCC3)cc1)O2. The van der Waals surface area contributed by atoms with Gasteiger partial charge in [-0.05, 0) is 66.6 Å². The van der Waals surface area contributed by atoms with E-state index in [1.165, 1.54) is 32.1 Å². The van der Waals surface area contributed by atoms with Crippen LogP contribution in [0.5, 0.6) is 5.75 Å². The number of fused-ring (bicyclic) bond motifs is 3. The second-order valence-corrected chi connectivity index (χ2v) is 11.0. The van der Waals surface area contributed by atoms with Crippen molar-refractivity contribution in [2.24, 2.45) is 0 Å². The van der Waals surface area contributed by atoms with Crippen LogP contribution in [-0.4, -0.2) is 40.3 Å². The molecule has 0 spiro atoms. The number of carbonyl (C=O) groups excluding carboxylic acids is 1. The first-order valence-corrected chi connectivity index (χ1v) is 14.1. The highest BCUT2D eigenvalue weighted by molar-refractivity contribution is 5.97. The molecule has 1 unspecified atom stereocenters. The molecule has 5 heteroatoms. The number of carbonyl (C=O) groups is 1. The summed E-state index contributed by atoms with van der Waals surface area (Å²) in [5.74, 6) is 0.514. The number of ether oxygens (including phenoxy) is 2. The van der Waals surface area contributed by atoms with Gasteiger partial charge in [0.1, 0.15) is 5.75 Å². The molecule has 204 valence electrons. The maximum absolute atomic E-state index is 12.4. The third-order valence-corrected chi connectivity index (χ3v) is 8.25. The molecule has 1 atom stereocenters. The van der Waals surface area contributed by atoms with Gasteiger partial charge in [0.05, 0.1) is 13.5 Å². The van der Waals surface area contributed by atoms with Crippen molar-refractivity contribution in [2.75, 3.05) is 44.1 Å². The van der Waals surface area contributed by atoms with Crippen LogP contribution in [0.3, 0.4) is 0 Å². The van der Waals surface area contributed by atoms with Gasteiger partial charge in [0.25, 0.3) is 0 Å². The van der Waals surface area contributed by atoms with Gasteiger partial charge in [0.15, 0.2) is 5.60 Å². The minimum Gasteiger partial charge on any atom is -0.472 e. The van der Waals surface area contributed by atoms with Gasteiger partial charge >= 0.3 is 5.97 Å². The molecule has 1 fully saturated rings. The van der Waals surface area contributed by atoms with E-state index in [1.54, 1.807) is 0 Å². The number of methoxy groups -OCH3 is 1. The highest BCUT2D eigenvalue weighted by Gasteiger charge is 2.38. The van der Waals surface area contributed by atoms with E-state index in [0.29, 0.717) is 0 Å². The third-order valence-electron chi connectivity index (χ3n) is 8.25. The van der Waals surface area contributed by atoms with Gasteiger partial charge in [0.2, 0.25) is 0 Å². The van der Waals surface area contributed by atoms with Crippen LogP contribution in [0.15, 0.2) is 84.9 Å². The molecule has 0 aliphatic carbocycles. The van der Waals surface area contributed by atoms with E-state index in [2.05, 4.69) is 94.7 Å². The molecule has 4 aromatic rings. The van der Waals surface area contributed by atoms with Crippen LogP contribution in [-0.2, 0) is 21.6 Å². The van der Waals surface area contributed by atoms with E-state index in [-0.39, 0.29) is 12.4 Å². The van der Waals surface area contributed by atoms with Crippen molar-refractivity contribution in [1.29, 1.82) is 0 Å². The standard InChI is InChI=1S/C35H36N2O3/c1-36(2)30-15-12-25-22-26(23-33(38)39-3)31-18-19-35(27-10-6-4-7-11-27,40-34(31)32(25)24-30)28-13-16-29(17-14-28)37-20-8-5-9-21-37/h4,6-7,10-19,22,24H,5,8-9,20-21,23H2,1-3H3. The summed E-state index contributed by atoms with van der Waals surface area (Å²) in [7, 11) is 5.51. The first-order chi connectivity index (χ1) is 19.5. The predicted molar refractivity (Wildman–Crippen MR) is 163 cm³/mol. The summed E-state index contributed by atoms with van der Waals surface area (Å²) in [6.07, 6.45) is 8.25. The fraction of sp³-hybridized carbons (Fsp3) is 0.286. The highest BCUT2D eigenvalue weighted by atomic mass is 16.5. The molecule has 0 aromatic heterocycles. The van der Waals surface area contributed by atoms with Crippen LogP contribution < -0.4 is 14.5 Å². The number of nitrogens with zero attached hydrogens (tertiary/aromatic N) is 2. The van der Waals surface area contributed by atoms with Crippen molar-refractivity contribution in [3.05, 3.63) is 107 Å². The Bertz CT molecular complexity index is 1550. The number of hydrogen-bond acceptors (Lipinski definition) is 5. The van der Waals surface area contributed by atoms with Gasteiger partial charge in [0, 0.05) is 60.6 Å². The van der Waals surface area contributed by atoms with E-state index < -0.39 is 5.60 Å². The molecular formula is C35H36N2O3. The van der Waals surface area contributed by atoms with E-state index in [4.69, 9.17) is 9.47 Å². The Morgan fingerprint density at radius 2 is 1.65 bits per heavy atom. The summed E-state index contributed by atoms with van der Waals surface area (Å²) in [6.45, 7) is 2.21. The fourth-order valence-corrected chi connectivity index (χ4v) is 6.00. The van der Waals surface area contributed by atoms with Gasteiger partial charge in [-0.3, -0.25) is 4.79 Å². The summed E-state index contributed by atoms with van der Waals surface area (Å²) < 4.78 is 12.2. The molecule has 0 bridgehead atoms. The fourth-order valence-electron chi connectivity index (χ4n) is 6.00. The Morgan fingerprint density at radius 3 is 2.35 bits per heavy atom. The smallest absolute Gasteiger partial charge is 0.310 e. The summed E-state index contributed by atoms with van der Waals surface area (Å²) in [5.41, 5.74) is 5.46. The quantitative estimate of drug-likeness (QED) is 0.251. The van der Waals surface area contributed by atoms with Crippen LogP contribution in [0.2, 0.25) is 0 Å². The number of rotatable bonds is 6. The molecule has 40 heavy (non-hydrogen) atoms. The Hall–Kier alpha value is -4.25. The topological polar surface area (TPSA) is 42.0 Å². The van der Waals surface area contributed by atoms with Gasteiger partial charge in [-0.15, -0.1) is 0 Å². The maximum atomic E-state index is 12.4. The lowest BCUT2D eigenvalue weighted by molar-refractivity contribution is -0.139. The first-order valence-electron chi connectivity index (χ1n) is 14.1. The number of benzene rings is 4. The normalized spacial score (nSPS) is 18.2. The molecule has 1 saturated heterocycles. The van der Waals surface area contributed by atoms with Crippen molar-refractivity contribution in [1.82, 2.24) is 0 Å². The number of hydrogen-bond donors (Lipinski definition) is 0. The molecule has 2 aliphatic rings. The zero-order valence-corrected chi connectivity index (χ0v) is 23.5. The predicted octanol–water partition coefficient (Wildman–Crippen LogP) is 6.96. The molecule has 6 rings (SSSR count). The molecule has 0 N–H and O–H groups in total. The summed E-state index contributed by atoms with van der Waals surface area (Å²) in [5, 5.41) is 2.05. The molecule has 0 radical (unpaired) electrons. The van der Waals surface area contributed by atoms with Crippen LogP contribution >= 0.6 is 0 Å². The van der Waals surface area contributed by atoms with Gasteiger partial charge in [-0.25, -0.2) is 0 Å². The Kier molecular flexibility index (Phi) is 6.97. The largest absolute Gasteiger partial charge is 0.472 e. The first kappa shape index (κ1) is 26.0. The van der Waals surface area contributed by atoms with Crippen LogP contribution in [0.25, 0.3) is 16.8 Å². The molecular weight excluding hydrogens is 496 g/mol. The minimum atomic E-state index is -0.820. The van der Waals surface area contributed by atoms with E-state index >= 15 is 0 Å². The summed E-state index contributed by atoms with van der Waals surface area (Å²) in [6, 6.07) is 27.7. The maximum Gasteiger partial charge on any atom is 0.310 e. The summed E-state index contributed by atoms with van der Waals surface area (Å²) in [4.78, 5) is 17.0. The number of anilines is 2. The van der Waals surface area contributed by atoms with E-state index in [1.807, 2.05) is 20.2 Å². The summed E-state index contributed by atoms with van der Waals surface area (Å²) >= 11 is 0. The molecule has 0 amide bonds. The Morgan fingerprint density at radius 1 is 0.925 bits per heavy atom. The average Bonchev–Trinajstić information content (AvgIpc) is 3.01. The van der Waals surface area contributed by atoms with Crippen molar-refractivity contribution in [3.63, 3.8) is 0 Å². The van der Waals surface area contributed by atoms with Crippen LogP contribution in [0.4, 0.5) is 11.4 Å². The average molecular weight is 533 g/mol. The minimum absolute atomic E-state index is 0.181. The monoisotopic (exact) mass is 532 g/mol. The third kappa shape index (κ3) is 4.70. The van der Waals surface area contributed by atoms with Crippen LogP contribution in [0.1, 0.15) is 41.5 Å². The lowest BCUT2D eigenvalue weighted by Crippen LogP contribution is -2.35. The van der Waals surface area contributed by atoms with E-state index in [9.17, 15) is 4.79 Å². The van der Waals surface area contributed by atoms with Crippen molar-refractivity contribution in [3.8, 4) is 5.75 Å². The van der Waals surface area contributed by atoms with Gasteiger partial charge in [-0.2, -0.15) is 0 Å². The van der Waals surface area contributed by atoms with E-state index in [0.717, 1.165) is 57.6 Å². The molecule has 2 aliphatic heterocycles. The number of esters is 1. The Balaban J connectivity index is 1.52. The molecule has 0 saturated carbocycles. The highest BCUT2D eigenvalue weighted by Crippen LogP contribution is 2.47. The molecule has 2 heterocycles. The zero-order valence-electron chi connectivity index (χ0n) is 23.5. The second-order valence-electron chi connectivity index (χ2n) is 11.0. The second kappa shape index (κ2) is 10.7. The van der Waals surface area contributed by atoms with Crippen molar-refractivity contribution < 1.29 is 14.3 Å². The molecule has 5 nitrogen and oxygen atoms in total. The van der Waals surface area contributed by atoms with Crippen LogP contribution in [0, 0.1) is 0 Å².